The third-order valence-electron chi connectivity index (χ3n) is 4.19. The molecule has 172 valence electrons. The van der Waals surface area contributed by atoms with Crippen LogP contribution in [-0.2, 0) is 23.9 Å². The molecule has 0 radical (unpaired) electrons. The van der Waals surface area contributed by atoms with Gasteiger partial charge in [0.25, 0.3) is 0 Å². The molecule has 10 heteroatoms. The van der Waals surface area contributed by atoms with Crippen molar-refractivity contribution in [3.05, 3.63) is 12.2 Å². The van der Waals surface area contributed by atoms with Crippen LogP contribution in [0.15, 0.2) is 12.2 Å². The van der Waals surface area contributed by atoms with Crippen LogP contribution in [0.2, 0.25) is 0 Å². The van der Waals surface area contributed by atoms with Gasteiger partial charge in [0.1, 0.15) is 6.29 Å². The van der Waals surface area contributed by atoms with Crippen molar-refractivity contribution in [3.63, 3.8) is 0 Å². The van der Waals surface area contributed by atoms with Gasteiger partial charge in [-0.25, -0.2) is 0 Å². The van der Waals surface area contributed by atoms with E-state index in [1.807, 2.05) is 32.8 Å². The maximum absolute atomic E-state index is 12.2. The maximum Gasteiger partial charge on any atom is 0.246 e. The Morgan fingerprint density at radius 2 is 1.70 bits per heavy atom. The highest BCUT2D eigenvalue weighted by Gasteiger charge is 2.24. The topological polar surface area (TPSA) is 120 Å². The maximum atomic E-state index is 12.2. The first kappa shape index (κ1) is 27.7. The number of carbonyl (C=O) groups is 4. The fraction of sp³-hybridized carbons (Fsp3) is 0.700. The Labute approximate surface area is 179 Å². The molecule has 3 N–H and O–H groups in total. The van der Waals surface area contributed by atoms with Gasteiger partial charge in [0.05, 0.1) is 25.8 Å². The summed E-state index contributed by atoms with van der Waals surface area (Å²) in [6.07, 6.45) is 2.92. The summed E-state index contributed by atoms with van der Waals surface area (Å²) in [5, 5.41) is 8.53. The number of ether oxygens (including phenoxy) is 1. The van der Waals surface area contributed by atoms with E-state index in [4.69, 9.17) is 4.74 Å². The molecule has 0 aromatic heterocycles. The van der Waals surface area contributed by atoms with Crippen LogP contribution in [0, 0.1) is 5.92 Å². The molecule has 30 heavy (non-hydrogen) atoms. The smallest absolute Gasteiger partial charge is 0.246 e. The van der Waals surface area contributed by atoms with E-state index in [0.717, 1.165) is 6.08 Å². The normalized spacial score (nSPS) is 12.2. The molecular formula is C20H37N5O5. The highest BCUT2D eigenvalue weighted by atomic mass is 16.5. The molecule has 0 heterocycles. The molecule has 0 saturated carbocycles. The number of rotatable bonds is 16. The Bertz CT molecular complexity index is 558. The molecule has 0 aromatic carbocycles. The van der Waals surface area contributed by atoms with Crippen molar-refractivity contribution in [2.75, 3.05) is 67.1 Å². The summed E-state index contributed by atoms with van der Waals surface area (Å²) in [5.74, 6) is -0.501. The molecule has 0 aliphatic carbocycles. The van der Waals surface area contributed by atoms with Gasteiger partial charge in [-0.3, -0.25) is 24.1 Å². The Morgan fingerprint density at radius 3 is 2.30 bits per heavy atom. The number of allylic oxidation sites excluding steroid dienone is 1. The van der Waals surface area contributed by atoms with Crippen molar-refractivity contribution in [2.24, 2.45) is 5.92 Å². The van der Waals surface area contributed by atoms with Gasteiger partial charge in [0.2, 0.25) is 17.7 Å². The molecule has 1 atom stereocenters. The van der Waals surface area contributed by atoms with E-state index < -0.39 is 0 Å². The molecule has 0 aromatic rings. The van der Waals surface area contributed by atoms with Crippen LogP contribution in [0.5, 0.6) is 0 Å². The number of hydrogen-bond acceptors (Lipinski definition) is 7. The zero-order chi connectivity index (χ0) is 22.9. The molecule has 0 bridgehead atoms. The highest BCUT2D eigenvalue weighted by Crippen LogP contribution is 2.06. The molecule has 0 saturated heterocycles. The summed E-state index contributed by atoms with van der Waals surface area (Å²) in [4.78, 5) is 49.0. The van der Waals surface area contributed by atoms with Gasteiger partial charge in [-0.2, -0.15) is 0 Å². The summed E-state index contributed by atoms with van der Waals surface area (Å²) in [6.45, 7) is 6.78. The molecule has 1 unspecified atom stereocenters. The van der Waals surface area contributed by atoms with Crippen molar-refractivity contribution < 1.29 is 23.9 Å². The third-order valence-corrected chi connectivity index (χ3v) is 4.19. The van der Waals surface area contributed by atoms with E-state index >= 15 is 0 Å². The quantitative estimate of drug-likeness (QED) is 0.158. The first-order chi connectivity index (χ1) is 14.2. The van der Waals surface area contributed by atoms with Crippen molar-refractivity contribution in [3.8, 4) is 0 Å². The van der Waals surface area contributed by atoms with Crippen LogP contribution in [0.4, 0.5) is 0 Å². The standard InChI is InChI=1S/C20H37N5O5/c1-16(2)19(24(3)4)20(29)23-15-17(27)22-9-8-21-10-13-30-14-11-25(5)18(28)7-6-12-26/h6-7,12,16,19,21H,8-11,13-15H2,1-5H3,(H,22,27)(H,23,29)/b7-6-. The second kappa shape index (κ2) is 16.5. The summed E-state index contributed by atoms with van der Waals surface area (Å²) in [6, 6.07) is -0.273. The Balaban J connectivity index is 3.72. The largest absolute Gasteiger partial charge is 0.378 e. The van der Waals surface area contributed by atoms with Crippen LogP contribution in [0.3, 0.4) is 0 Å². The highest BCUT2D eigenvalue weighted by molar-refractivity contribution is 5.90. The third kappa shape index (κ3) is 13.0. The molecule has 3 amide bonds. The van der Waals surface area contributed by atoms with E-state index in [0.29, 0.717) is 45.7 Å². The number of aldehydes is 1. The average molecular weight is 428 g/mol. The van der Waals surface area contributed by atoms with Gasteiger partial charge < -0.3 is 25.6 Å². The van der Waals surface area contributed by atoms with Crippen molar-refractivity contribution in [1.29, 1.82) is 0 Å². The van der Waals surface area contributed by atoms with Crippen LogP contribution in [0.25, 0.3) is 0 Å². The second-order valence-corrected chi connectivity index (χ2v) is 7.34. The number of amides is 3. The van der Waals surface area contributed by atoms with E-state index in [2.05, 4.69) is 16.0 Å². The lowest BCUT2D eigenvalue weighted by Crippen LogP contribution is -2.49. The lowest BCUT2D eigenvalue weighted by Gasteiger charge is -2.26. The summed E-state index contributed by atoms with van der Waals surface area (Å²) < 4.78 is 5.42. The van der Waals surface area contributed by atoms with Crippen LogP contribution >= 0.6 is 0 Å². The van der Waals surface area contributed by atoms with E-state index in [9.17, 15) is 19.2 Å². The summed E-state index contributed by atoms with van der Waals surface area (Å²) in [7, 11) is 5.31. The monoisotopic (exact) mass is 427 g/mol. The number of carbonyl (C=O) groups excluding carboxylic acids is 4. The van der Waals surface area contributed by atoms with Gasteiger partial charge in [0, 0.05) is 39.3 Å². The Kier molecular flexibility index (Phi) is 15.2. The molecule has 0 rings (SSSR count). The van der Waals surface area contributed by atoms with Crippen LogP contribution in [0.1, 0.15) is 13.8 Å². The summed E-state index contributed by atoms with van der Waals surface area (Å²) >= 11 is 0. The van der Waals surface area contributed by atoms with Crippen molar-refractivity contribution in [1.82, 2.24) is 25.8 Å². The number of nitrogens with zero attached hydrogens (tertiary/aromatic N) is 2. The molecule has 0 aliphatic heterocycles. The fourth-order valence-corrected chi connectivity index (χ4v) is 2.69. The van der Waals surface area contributed by atoms with E-state index in [-0.39, 0.29) is 36.2 Å². The second-order valence-electron chi connectivity index (χ2n) is 7.34. The van der Waals surface area contributed by atoms with Crippen LogP contribution < -0.4 is 16.0 Å². The minimum atomic E-state index is -0.273. The molecule has 0 aliphatic rings. The zero-order valence-corrected chi connectivity index (χ0v) is 18.8. The molecule has 0 fully saturated rings. The van der Waals surface area contributed by atoms with Crippen LogP contribution in [-0.4, -0.2) is 107 Å². The molecule has 10 nitrogen and oxygen atoms in total. The number of hydrogen-bond donors (Lipinski definition) is 3. The minimum Gasteiger partial charge on any atom is -0.378 e. The van der Waals surface area contributed by atoms with Crippen molar-refractivity contribution >= 4 is 24.0 Å². The van der Waals surface area contributed by atoms with Gasteiger partial charge in [0.15, 0.2) is 0 Å². The Morgan fingerprint density at radius 1 is 1.00 bits per heavy atom. The Hall–Kier alpha value is -2.30. The van der Waals surface area contributed by atoms with Gasteiger partial charge in [-0.1, -0.05) is 13.8 Å². The summed E-state index contributed by atoms with van der Waals surface area (Å²) in [5.41, 5.74) is 0. The van der Waals surface area contributed by atoms with Gasteiger partial charge in [-0.05, 0) is 26.1 Å². The predicted molar refractivity (Wildman–Crippen MR) is 115 cm³/mol. The van der Waals surface area contributed by atoms with Crippen molar-refractivity contribution in [2.45, 2.75) is 19.9 Å². The minimum absolute atomic E-state index is 0.0483. The fourth-order valence-electron chi connectivity index (χ4n) is 2.69. The first-order valence-electron chi connectivity index (χ1n) is 10.1. The molecule has 0 spiro atoms. The molecular weight excluding hydrogens is 390 g/mol. The zero-order valence-electron chi connectivity index (χ0n) is 18.8. The van der Waals surface area contributed by atoms with E-state index in [1.165, 1.54) is 11.0 Å². The average Bonchev–Trinajstić information content (AvgIpc) is 2.68. The van der Waals surface area contributed by atoms with E-state index in [1.54, 1.807) is 7.05 Å². The lowest BCUT2D eigenvalue weighted by atomic mass is 10.0. The SMILES string of the molecule is CC(C)C(C(=O)NCC(=O)NCCNCCOCCN(C)C(=O)/C=C\C=O)N(C)C. The lowest BCUT2D eigenvalue weighted by molar-refractivity contribution is -0.130. The first-order valence-corrected chi connectivity index (χ1v) is 10.1. The van der Waals surface area contributed by atoms with Gasteiger partial charge >= 0.3 is 0 Å². The number of nitrogens with one attached hydrogen (secondary N) is 3. The predicted octanol–water partition coefficient (Wildman–Crippen LogP) is -1.38. The van der Waals surface area contributed by atoms with Gasteiger partial charge in [-0.15, -0.1) is 0 Å². The number of likely N-dealkylation sites (N-methyl/N-ethyl adjacent to an activating group) is 2.